The second-order valence-corrected chi connectivity index (χ2v) is 13.4. The fourth-order valence-electron chi connectivity index (χ4n) is 2.60. The molecular weight excluding hydrogens is 344 g/mol. The first-order valence-electron chi connectivity index (χ1n) is 9.55. The third kappa shape index (κ3) is 5.89. The van der Waals surface area contributed by atoms with E-state index in [0.29, 0.717) is 12.5 Å². The van der Waals surface area contributed by atoms with Gasteiger partial charge in [0.05, 0.1) is 19.8 Å². The lowest BCUT2D eigenvalue weighted by atomic mass is 9.91. The van der Waals surface area contributed by atoms with Crippen molar-refractivity contribution < 1.29 is 19.4 Å². The number of hydrogen-bond acceptors (Lipinski definition) is 4. The van der Waals surface area contributed by atoms with Gasteiger partial charge in [0.25, 0.3) is 0 Å². The number of aliphatic hydroxyl groups is 2. The molecule has 1 aromatic rings. The molecule has 0 spiro atoms. The minimum Gasteiger partial charge on any atom is -0.414 e. The van der Waals surface area contributed by atoms with Gasteiger partial charge >= 0.3 is 0 Å². The maximum atomic E-state index is 11.1. The summed E-state index contributed by atoms with van der Waals surface area (Å²) in [5.41, 5.74) is -0.149. The van der Waals surface area contributed by atoms with E-state index in [4.69, 9.17) is 9.16 Å². The van der Waals surface area contributed by atoms with Gasteiger partial charge in [-0.05, 0) is 29.6 Å². The lowest BCUT2D eigenvalue weighted by Gasteiger charge is -2.45. The van der Waals surface area contributed by atoms with E-state index in [1.54, 1.807) is 0 Å². The molecule has 4 nitrogen and oxygen atoms in total. The lowest BCUT2D eigenvalue weighted by Crippen LogP contribution is -2.53. The highest BCUT2D eigenvalue weighted by Crippen LogP contribution is 2.45. The van der Waals surface area contributed by atoms with Crippen LogP contribution in [-0.2, 0) is 15.8 Å². The van der Waals surface area contributed by atoms with Crippen LogP contribution in [0.25, 0.3) is 0 Å². The van der Waals surface area contributed by atoms with Crippen LogP contribution in [0.4, 0.5) is 0 Å². The number of rotatable bonds is 11. The van der Waals surface area contributed by atoms with Gasteiger partial charge in [0.15, 0.2) is 8.32 Å². The van der Waals surface area contributed by atoms with Gasteiger partial charge in [0.2, 0.25) is 0 Å². The van der Waals surface area contributed by atoms with Crippen LogP contribution in [-0.4, -0.2) is 44.0 Å². The lowest BCUT2D eigenvalue weighted by molar-refractivity contribution is -0.119. The zero-order valence-electron chi connectivity index (χ0n) is 17.6. The van der Waals surface area contributed by atoms with Crippen LogP contribution < -0.4 is 0 Å². The van der Waals surface area contributed by atoms with Gasteiger partial charge in [0, 0.05) is 12.5 Å². The predicted molar refractivity (Wildman–Crippen MR) is 110 cm³/mol. The molecule has 0 saturated heterocycles. The number of ether oxygens (including phenoxy) is 1. The van der Waals surface area contributed by atoms with E-state index in [-0.39, 0.29) is 30.8 Å². The first-order valence-corrected chi connectivity index (χ1v) is 12.5. The standard InChI is InChI=1S/C21H38O4Si/c1-17(2)20(4,5)26(6,7)25-16-21(23,18(3)13-22)15-24-14-19-11-9-8-10-12-19/h8-12,17-18,22-23H,13-16H2,1-7H3/t18-,21-/m0/s1. The molecule has 2 N–H and O–H groups in total. The number of benzene rings is 1. The minimum atomic E-state index is -2.06. The normalized spacial score (nSPS) is 16.5. The van der Waals surface area contributed by atoms with Crippen molar-refractivity contribution >= 4 is 8.32 Å². The Bertz CT molecular complexity index is 530. The second-order valence-electron chi connectivity index (χ2n) is 8.84. The van der Waals surface area contributed by atoms with E-state index < -0.39 is 13.9 Å². The molecular formula is C21H38O4Si. The summed E-state index contributed by atoms with van der Waals surface area (Å²) in [4.78, 5) is 0. The molecule has 1 aromatic carbocycles. The Morgan fingerprint density at radius 2 is 1.62 bits per heavy atom. The van der Waals surface area contributed by atoms with Gasteiger partial charge < -0.3 is 19.4 Å². The summed E-state index contributed by atoms with van der Waals surface area (Å²) in [6.07, 6.45) is 0. The molecule has 26 heavy (non-hydrogen) atoms. The van der Waals surface area contributed by atoms with Gasteiger partial charge in [0.1, 0.15) is 5.60 Å². The molecule has 0 fully saturated rings. The van der Waals surface area contributed by atoms with Crippen molar-refractivity contribution in [2.45, 2.75) is 65.0 Å². The van der Waals surface area contributed by atoms with Crippen LogP contribution in [0, 0.1) is 11.8 Å². The summed E-state index contributed by atoms with van der Waals surface area (Å²) in [5.74, 6) is 0.159. The zero-order chi connectivity index (χ0) is 20.0. The summed E-state index contributed by atoms with van der Waals surface area (Å²) in [7, 11) is -2.06. The van der Waals surface area contributed by atoms with Crippen molar-refractivity contribution in [1.29, 1.82) is 0 Å². The van der Waals surface area contributed by atoms with E-state index >= 15 is 0 Å². The van der Waals surface area contributed by atoms with Crippen LogP contribution in [0.5, 0.6) is 0 Å². The van der Waals surface area contributed by atoms with Gasteiger partial charge in [-0.3, -0.25) is 0 Å². The van der Waals surface area contributed by atoms with Crippen LogP contribution in [0.2, 0.25) is 18.1 Å². The van der Waals surface area contributed by atoms with Crippen molar-refractivity contribution in [3.05, 3.63) is 35.9 Å². The Hall–Kier alpha value is -0.723. The van der Waals surface area contributed by atoms with Crippen molar-refractivity contribution in [1.82, 2.24) is 0 Å². The summed E-state index contributed by atoms with van der Waals surface area (Å²) >= 11 is 0. The van der Waals surface area contributed by atoms with Crippen LogP contribution >= 0.6 is 0 Å². The van der Waals surface area contributed by atoms with E-state index in [2.05, 4.69) is 40.8 Å². The second kappa shape index (κ2) is 9.47. The molecule has 5 heteroatoms. The summed E-state index contributed by atoms with van der Waals surface area (Å²) in [6.45, 7) is 15.8. The first-order chi connectivity index (χ1) is 12.0. The minimum absolute atomic E-state index is 0.0707. The molecule has 150 valence electrons. The Balaban J connectivity index is 2.76. The largest absolute Gasteiger partial charge is 0.414 e. The highest BCUT2D eigenvalue weighted by Gasteiger charge is 2.45. The fourth-order valence-corrected chi connectivity index (χ4v) is 4.98. The highest BCUT2D eigenvalue weighted by molar-refractivity contribution is 6.74. The molecule has 0 unspecified atom stereocenters. The van der Waals surface area contributed by atoms with E-state index in [1.165, 1.54) is 0 Å². The number of hydrogen-bond donors (Lipinski definition) is 2. The first kappa shape index (κ1) is 23.3. The molecule has 0 heterocycles. The van der Waals surface area contributed by atoms with Gasteiger partial charge in [-0.2, -0.15) is 0 Å². The molecule has 0 bridgehead atoms. The quantitative estimate of drug-likeness (QED) is 0.563. The topological polar surface area (TPSA) is 58.9 Å². The third-order valence-corrected chi connectivity index (χ3v) is 10.9. The van der Waals surface area contributed by atoms with Crippen molar-refractivity contribution in [2.75, 3.05) is 19.8 Å². The average Bonchev–Trinajstić information content (AvgIpc) is 2.60. The Kier molecular flexibility index (Phi) is 8.49. The van der Waals surface area contributed by atoms with Crippen LogP contribution in [0.15, 0.2) is 30.3 Å². The summed E-state index contributed by atoms with van der Waals surface area (Å²) < 4.78 is 12.1. The molecule has 0 aromatic heterocycles. The van der Waals surface area contributed by atoms with Crippen molar-refractivity contribution in [2.24, 2.45) is 11.8 Å². The maximum Gasteiger partial charge on any atom is 0.192 e. The molecule has 0 aliphatic rings. The number of aliphatic hydroxyl groups excluding tert-OH is 1. The predicted octanol–water partition coefficient (Wildman–Crippen LogP) is 4.22. The molecule has 0 aliphatic heterocycles. The molecule has 0 saturated carbocycles. The van der Waals surface area contributed by atoms with Crippen molar-refractivity contribution in [3.63, 3.8) is 0 Å². The molecule has 1 rings (SSSR count). The monoisotopic (exact) mass is 382 g/mol. The zero-order valence-corrected chi connectivity index (χ0v) is 18.6. The van der Waals surface area contributed by atoms with Gasteiger partial charge in [-0.25, -0.2) is 0 Å². The SMILES string of the molecule is CC(C)C(C)(C)[Si](C)(C)OC[C@@](O)(COCc1ccccc1)[C@@H](C)CO. The summed E-state index contributed by atoms with van der Waals surface area (Å²) in [6, 6.07) is 9.88. The van der Waals surface area contributed by atoms with E-state index in [0.717, 1.165) is 5.56 Å². The van der Waals surface area contributed by atoms with E-state index in [1.807, 2.05) is 37.3 Å². The van der Waals surface area contributed by atoms with Gasteiger partial charge in [-0.1, -0.05) is 65.0 Å². The molecule has 0 amide bonds. The average molecular weight is 383 g/mol. The van der Waals surface area contributed by atoms with Gasteiger partial charge in [-0.15, -0.1) is 0 Å². The Morgan fingerprint density at radius 3 is 2.12 bits per heavy atom. The third-order valence-electron chi connectivity index (χ3n) is 6.33. The fraction of sp³-hybridized carbons (Fsp3) is 0.714. The molecule has 0 radical (unpaired) electrons. The Labute approximate surface area is 160 Å². The van der Waals surface area contributed by atoms with Crippen LogP contribution in [0.3, 0.4) is 0 Å². The maximum absolute atomic E-state index is 11.1. The van der Waals surface area contributed by atoms with Crippen molar-refractivity contribution in [3.8, 4) is 0 Å². The van der Waals surface area contributed by atoms with Crippen LogP contribution in [0.1, 0.15) is 40.2 Å². The highest BCUT2D eigenvalue weighted by atomic mass is 28.4. The summed E-state index contributed by atoms with van der Waals surface area (Å²) in [5, 5.41) is 20.8. The van der Waals surface area contributed by atoms with E-state index in [9.17, 15) is 10.2 Å². The smallest absolute Gasteiger partial charge is 0.192 e. The molecule has 0 aliphatic carbocycles. The molecule has 2 atom stereocenters. The Morgan fingerprint density at radius 1 is 1.04 bits per heavy atom.